The fourth-order valence-corrected chi connectivity index (χ4v) is 2.84. The van der Waals surface area contributed by atoms with Crippen LogP contribution in [0.4, 0.5) is 17.1 Å². The van der Waals surface area contributed by atoms with Gasteiger partial charge in [0.25, 0.3) is 0 Å². The summed E-state index contributed by atoms with van der Waals surface area (Å²) in [5.41, 5.74) is 4.92. The molecule has 6 nitrogen and oxygen atoms in total. The van der Waals surface area contributed by atoms with E-state index in [9.17, 15) is 14.4 Å². The molecule has 1 aliphatic heterocycles. The summed E-state index contributed by atoms with van der Waals surface area (Å²) in [6, 6.07) is 9.91. The van der Waals surface area contributed by atoms with Crippen LogP contribution < -0.4 is 16.0 Å². The average Bonchev–Trinajstić information content (AvgIpc) is 2.58. The smallest absolute Gasteiger partial charge is 0.247 e. The van der Waals surface area contributed by atoms with Crippen LogP contribution in [0, 0.1) is 13.8 Å². The van der Waals surface area contributed by atoms with Crippen molar-refractivity contribution >= 4 is 34.7 Å². The number of amides is 2. The summed E-state index contributed by atoms with van der Waals surface area (Å²) in [7, 11) is 0. The van der Waals surface area contributed by atoms with Gasteiger partial charge in [0.05, 0.1) is 17.8 Å². The Morgan fingerprint density at radius 1 is 1.04 bits per heavy atom. The Hall–Kier alpha value is -3.15. The predicted octanol–water partition coefficient (Wildman–Crippen LogP) is 3.27. The van der Waals surface area contributed by atoms with Crippen LogP contribution in [0.15, 0.2) is 36.4 Å². The van der Waals surface area contributed by atoms with Gasteiger partial charge < -0.3 is 16.0 Å². The van der Waals surface area contributed by atoms with E-state index in [1.165, 1.54) is 6.92 Å². The molecule has 0 saturated carbocycles. The van der Waals surface area contributed by atoms with Gasteiger partial charge in [-0.05, 0) is 68.3 Å². The normalized spacial score (nSPS) is 15.5. The molecule has 1 aliphatic rings. The minimum atomic E-state index is -0.638. The van der Waals surface area contributed by atoms with E-state index < -0.39 is 6.04 Å². The molecule has 0 saturated heterocycles. The van der Waals surface area contributed by atoms with Crippen LogP contribution in [0.2, 0.25) is 0 Å². The molecule has 2 amide bonds. The van der Waals surface area contributed by atoms with E-state index in [-0.39, 0.29) is 24.0 Å². The summed E-state index contributed by atoms with van der Waals surface area (Å²) >= 11 is 0. The lowest BCUT2D eigenvalue weighted by Gasteiger charge is -2.27. The lowest BCUT2D eigenvalue weighted by atomic mass is 10.0. The zero-order valence-electron chi connectivity index (χ0n) is 15.0. The molecule has 0 spiro atoms. The molecule has 3 rings (SSSR count). The summed E-state index contributed by atoms with van der Waals surface area (Å²) in [5.74, 6) is -0.543. The molecule has 0 aromatic heterocycles. The van der Waals surface area contributed by atoms with E-state index in [2.05, 4.69) is 16.0 Å². The monoisotopic (exact) mass is 351 g/mol. The van der Waals surface area contributed by atoms with Crippen molar-refractivity contribution in [2.24, 2.45) is 0 Å². The van der Waals surface area contributed by atoms with Crippen molar-refractivity contribution in [2.75, 3.05) is 16.0 Å². The zero-order chi connectivity index (χ0) is 18.8. The summed E-state index contributed by atoms with van der Waals surface area (Å²) in [5, 5.41) is 8.74. The van der Waals surface area contributed by atoms with Crippen LogP contribution in [0.3, 0.4) is 0 Å². The maximum absolute atomic E-state index is 12.3. The van der Waals surface area contributed by atoms with Crippen molar-refractivity contribution in [1.29, 1.82) is 0 Å². The van der Waals surface area contributed by atoms with Gasteiger partial charge in [-0.3, -0.25) is 14.4 Å². The van der Waals surface area contributed by atoms with Crippen molar-refractivity contribution in [2.45, 2.75) is 33.2 Å². The Labute approximate surface area is 152 Å². The van der Waals surface area contributed by atoms with E-state index in [1.54, 1.807) is 24.3 Å². The maximum atomic E-state index is 12.3. The van der Waals surface area contributed by atoms with Crippen molar-refractivity contribution in [1.82, 2.24) is 0 Å². The van der Waals surface area contributed by atoms with Crippen LogP contribution >= 0.6 is 0 Å². The van der Waals surface area contributed by atoms with E-state index in [1.807, 2.05) is 26.0 Å². The number of hydrogen-bond acceptors (Lipinski definition) is 4. The second-order valence-corrected chi connectivity index (χ2v) is 6.55. The Morgan fingerprint density at radius 2 is 1.65 bits per heavy atom. The predicted molar refractivity (Wildman–Crippen MR) is 102 cm³/mol. The molecule has 0 aliphatic carbocycles. The molecule has 2 aromatic carbocycles. The summed E-state index contributed by atoms with van der Waals surface area (Å²) in [6.45, 7) is 5.47. The number of aryl methyl sites for hydroxylation is 2. The van der Waals surface area contributed by atoms with E-state index in [0.717, 1.165) is 22.5 Å². The Morgan fingerprint density at radius 3 is 2.27 bits per heavy atom. The van der Waals surface area contributed by atoms with Crippen LogP contribution in [-0.4, -0.2) is 23.6 Å². The van der Waals surface area contributed by atoms with E-state index in [4.69, 9.17) is 0 Å². The van der Waals surface area contributed by atoms with Gasteiger partial charge >= 0.3 is 0 Å². The first kappa shape index (κ1) is 17.7. The number of anilines is 3. The molecule has 6 heteroatoms. The number of Topliss-reactive ketones (excluding diaryl/α,β-unsaturated/α-hetero) is 1. The third-order valence-corrected chi connectivity index (χ3v) is 4.50. The number of benzene rings is 2. The highest BCUT2D eigenvalue weighted by Gasteiger charge is 2.28. The molecule has 3 N–H and O–H groups in total. The molecular formula is C20H21N3O3. The molecule has 26 heavy (non-hydrogen) atoms. The summed E-state index contributed by atoms with van der Waals surface area (Å²) in [4.78, 5) is 35.8. The lowest BCUT2D eigenvalue weighted by Crippen LogP contribution is -2.41. The average molecular weight is 351 g/mol. The Kier molecular flexibility index (Phi) is 4.75. The maximum Gasteiger partial charge on any atom is 0.247 e. The van der Waals surface area contributed by atoms with Gasteiger partial charge in [-0.1, -0.05) is 0 Å². The third kappa shape index (κ3) is 3.74. The van der Waals surface area contributed by atoms with Crippen molar-refractivity contribution in [3.8, 4) is 0 Å². The summed E-state index contributed by atoms with van der Waals surface area (Å²) in [6.07, 6.45) is 0.00660. The van der Waals surface area contributed by atoms with Crippen LogP contribution in [0.1, 0.15) is 34.8 Å². The number of rotatable bonds is 4. The van der Waals surface area contributed by atoms with Gasteiger partial charge in [0.2, 0.25) is 11.8 Å². The highest BCUT2D eigenvalue weighted by Crippen LogP contribution is 2.30. The molecule has 2 aromatic rings. The van der Waals surface area contributed by atoms with Gasteiger partial charge in [0, 0.05) is 11.3 Å². The highest BCUT2D eigenvalue weighted by atomic mass is 16.2. The number of fused-ring (bicyclic) bond motifs is 1. The van der Waals surface area contributed by atoms with Crippen LogP contribution in [-0.2, 0) is 9.59 Å². The van der Waals surface area contributed by atoms with Gasteiger partial charge in [-0.15, -0.1) is 0 Å². The second kappa shape index (κ2) is 7.00. The molecule has 0 radical (unpaired) electrons. The molecule has 0 unspecified atom stereocenters. The molecule has 1 heterocycles. The van der Waals surface area contributed by atoms with E-state index >= 15 is 0 Å². The number of carbonyl (C=O) groups excluding carboxylic acids is 3. The molecule has 0 bridgehead atoms. The van der Waals surface area contributed by atoms with Crippen molar-refractivity contribution in [3.05, 3.63) is 53.1 Å². The fraction of sp³-hybridized carbons (Fsp3) is 0.250. The molecule has 134 valence electrons. The number of carbonyl (C=O) groups is 3. The highest BCUT2D eigenvalue weighted by molar-refractivity contribution is 6.06. The summed E-state index contributed by atoms with van der Waals surface area (Å²) < 4.78 is 0. The first-order valence-electron chi connectivity index (χ1n) is 8.43. The second-order valence-electron chi connectivity index (χ2n) is 6.55. The first-order valence-corrected chi connectivity index (χ1v) is 8.43. The number of nitrogens with one attached hydrogen (secondary N) is 3. The van der Waals surface area contributed by atoms with E-state index in [0.29, 0.717) is 11.3 Å². The van der Waals surface area contributed by atoms with Crippen LogP contribution in [0.25, 0.3) is 0 Å². The zero-order valence-corrected chi connectivity index (χ0v) is 15.0. The van der Waals surface area contributed by atoms with Crippen molar-refractivity contribution in [3.63, 3.8) is 0 Å². The van der Waals surface area contributed by atoms with Crippen molar-refractivity contribution < 1.29 is 14.4 Å². The molecular weight excluding hydrogens is 330 g/mol. The van der Waals surface area contributed by atoms with Gasteiger partial charge in [-0.2, -0.15) is 0 Å². The first-order chi connectivity index (χ1) is 12.3. The topological polar surface area (TPSA) is 87.3 Å². The minimum Gasteiger partial charge on any atom is -0.372 e. The molecule has 0 fully saturated rings. The minimum absolute atomic E-state index is 0.00660. The standard InChI is InChI=1S/C20H21N3O3/c1-11-8-16-17(9-12(11)2)23-20(26)18(22-16)10-19(25)21-15-6-4-14(5-7-15)13(3)24/h4-9,18,22H,10H2,1-3H3,(H,21,25)(H,23,26)/t18-/m0/s1. The molecule has 1 atom stereocenters. The number of hydrogen-bond donors (Lipinski definition) is 3. The quantitative estimate of drug-likeness (QED) is 0.738. The van der Waals surface area contributed by atoms with Gasteiger partial charge in [0.1, 0.15) is 6.04 Å². The SMILES string of the molecule is CC(=O)c1ccc(NC(=O)C[C@@H]2Nc3cc(C)c(C)cc3NC2=O)cc1. The third-order valence-electron chi connectivity index (χ3n) is 4.50. The lowest BCUT2D eigenvalue weighted by molar-refractivity contribution is -0.122. The Bertz CT molecular complexity index is 888. The fourth-order valence-electron chi connectivity index (χ4n) is 2.84. The van der Waals surface area contributed by atoms with Crippen LogP contribution in [0.5, 0.6) is 0 Å². The Balaban J connectivity index is 1.66. The van der Waals surface area contributed by atoms with Gasteiger partial charge in [0.15, 0.2) is 5.78 Å². The number of ketones is 1. The van der Waals surface area contributed by atoms with Gasteiger partial charge in [-0.25, -0.2) is 0 Å². The largest absolute Gasteiger partial charge is 0.372 e.